The minimum atomic E-state index is -0.127. The fraction of sp³-hybridized carbons (Fsp3) is 0.182. The molecule has 1 aliphatic heterocycles. The van der Waals surface area contributed by atoms with Gasteiger partial charge in [-0.3, -0.25) is 0 Å². The Balaban J connectivity index is 1.51. The van der Waals surface area contributed by atoms with Gasteiger partial charge in [0.2, 0.25) is 0 Å². The molecule has 29 heavy (non-hydrogen) atoms. The SMILES string of the molecule is S=C(NCCc1ccccc1)N1N=C(c2ccc(Br)cc2)C[C@H]1c1ccc(Cl)o1. The van der Waals surface area contributed by atoms with E-state index in [0.29, 0.717) is 16.8 Å². The Labute approximate surface area is 188 Å². The van der Waals surface area contributed by atoms with Gasteiger partial charge >= 0.3 is 0 Å². The smallest absolute Gasteiger partial charge is 0.193 e. The summed E-state index contributed by atoms with van der Waals surface area (Å²) >= 11 is 15.2. The summed E-state index contributed by atoms with van der Waals surface area (Å²) in [6.45, 7) is 0.730. The third kappa shape index (κ3) is 4.89. The van der Waals surface area contributed by atoms with Gasteiger partial charge in [0.05, 0.1) is 5.71 Å². The molecule has 3 aromatic rings. The van der Waals surface area contributed by atoms with Crippen molar-refractivity contribution in [1.29, 1.82) is 0 Å². The van der Waals surface area contributed by atoms with Gasteiger partial charge in [0.15, 0.2) is 10.3 Å². The maximum Gasteiger partial charge on any atom is 0.193 e. The molecule has 1 N–H and O–H groups in total. The van der Waals surface area contributed by atoms with Crippen molar-refractivity contribution < 1.29 is 4.42 Å². The summed E-state index contributed by atoms with van der Waals surface area (Å²) in [5.41, 5.74) is 3.28. The summed E-state index contributed by atoms with van der Waals surface area (Å²) < 4.78 is 6.71. The van der Waals surface area contributed by atoms with Gasteiger partial charge in [-0.1, -0.05) is 58.4 Å². The fourth-order valence-electron chi connectivity index (χ4n) is 3.28. The highest BCUT2D eigenvalue weighted by atomic mass is 79.9. The van der Waals surface area contributed by atoms with E-state index in [4.69, 9.17) is 33.3 Å². The zero-order chi connectivity index (χ0) is 20.2. The van der Waals surface area contributed by atoms with Gasteiger partial charge in [-0.15, -0.1) is 0 Å². The first-order valence-electron chi connectivity index (χ1n) is 9.30. The lowest BCUT2D eigenvalue weighted by Gasteiger charge is -2.23. The normalized spacial score (nSPS) is 16.0. The van der Waals surface area contributed by atoms with E-state index < -0.39 is 0 Å². The highest BCUT2D eigenvalue weighted by Crippen LogP contribution is 2.34. The lowest BCUT2D eigenvalue weighted by atomic mass is 10.0. The second-order valence-corrected chi connectivity index (χ2v) is 8.40. The summed E-state index contributed by atoms with van der Waals surface area (Å²) in [5, 5.41) is 10.9. The van der Waals surface area contributed by atoms with Crippen molar-refractivity contribution in [2.75, 3.05) is 6.54 Å². The number of rotatable bonds is 5. The minimum Gasteiger partial charge on any atom is -0.447 e. The van der Waals surface area contributed by atoms with Crippen LogP contribution in [0.5, 0.6) is 0 Å². The van der Waals surface area contributed by atoms with E-state index in [0.717, 1.165) is 34.5 Å². The Morgan fingerprint density at radius 2 is 1.90 bits per heavy atom. The van der Waals surface area contributed by atoms with Crippen LogP contribution in [0.4, 0.5) is 0 Å². The van der Waals surface area contributed by atoms with Crippen LogP contribution in [0.1, 0.15) is 29.3 Å². The van der Waals surface area contributed by atoms with E-state index in [9.17, 15) is 0 Å². The molecule has 0 bridgehead atoms. The van der Waals surface area contributed by atoms with Crippen LogP contribution in [-0.4, -0.2) is 22.4 Å². The molecule has 0 unspecified atom stereocenters. The van der Waals surface area contributed by atoms with Gasteiger partial charge < -0.3 is 9.73 Å². The first kappa shape index (κ1) is 20.1. The van der Waals surface area contributed by atoms with Gasteiger partial charge in [-0.25, -0.2) is 5.01 Å². The van der Waals surface area contributed by atoms with Crippen molar-refractivity contribution >= 4 is 50.6 Å². The number of halogens is 2. The topological polar surface area (TPSA) is 40.8 Å². The third-order valence-electron chi connectivity index (χ3n) is 4.75. The molecule has 4 rings (SSSR count). The molecule has 7 heteroatoms. The number of nitrogens with zero attached hydrogens (tertiary/aromatic N) is 2. The van der Waals surface area contributed by atoms with Gasteiger partial charge in [-0.05, 0) is 65.6 Å². The molecule has 0 saturated heterocycles. The van der Waals surface area contributed by atoms with Crippen molar-refractivity contribution in [3.05, 3.63) is 93.3 Å². The predicted octanol–water partition coefficient (Wildman–Crippen LogP) is 5.96. The molecule has 1 aromatic heterocycles. The van der Waals surface area contributed by atoms with E-state index >= 15 is 0 Å². The number of furan rings is 1. The fourth-order valence-corrected chi connectivity index (χ4v) is 3.97. The third-order valence-corrected chi connectivity index (χ3v) is 5.81. The van der Waals surface area contributed by atoms with Crippen molar-refractivity contribution in [1.82, 2.24) is 10.3 Å². The van der Waals surface area contributed by atoms with Crippen LogP contribution >= 0.6 is 39.7 Å². The highest BCUT2D eigenvalue weighted by Gasteiger charge is 2.33. The monoisotopic (exact) mass is 487 g/mol. The molecule has 0 radical (unpaired) electrons. The molecule has 1 aliphatic rings. The molecule has 0 amide bonds. The van der Waals surface area contributed by atoms with Gasteiger partial charge in [0.1, 0.15) is 11.8 Å². The van der Waals surface area contributed by atoms with Crippen LogP contribution in [0.3, 0.4) is 0 Å². The summed E-state index contributed by atoms with van der Waals surface area (Å²) in [4.78, 5) is 0. The zero-order valence-electron chi connectivity index (χ0n) is 15.5. The van der Waals surface area contributed by atoms with E-state index in [1.807, 2.05) is 53.5 Å². The van der Waals surface area contributed by atoms with E-state index in [1.54, 1.807) is 6.07 Å². The molecule has 0 spiro atoms. The van der Waals surface area contributed by atoms with E-state index in [2.05, 4.69) is 33.4 Å². The van der Waals surface area contributed by atoms with Crippen LogP contribution in [0, 0.1) is 0 Å². The zero-order valence-corrected chi connectivity index (χ0v) is 18.7. The molecule has 0 saturated carbocycles. The predicted molar refractivity (Wildman–Crippen MR) is 124 cm³/mol. The summed E-state index contributed by atoms with van der Waals surface area (Å²) in [5.74, 6) is 0.748. The average molecular weight is 489 g/mol. The number of hydrogen-bond donors (Lipinski definition) is 1. The van der Waals surface area contributed by atoms with Gasteiger partial charge in [0.25, 0.3) is 0 Å². The average Bonchev–Trinajstić information content (AvgIpc) is 3.36. The first-order chi connectivity index (χ1) is 14.1. The lowest BCUT2D eigenvalue weighted by Crippen LogP contribution is -2.37. The molecule has 2 aromatic carbocycles. The van der Waals surface area contributed by atoms with Crippen molar-refractivity contribution in [2.24, 2.45) is 5.10 Å². The Morgan fingerprint density at radius 1 is 1.14 bits per heavy atom. The molecule has 0 aliphatic carbocycles. The largest absolute Gasteiger partial charge is 0.447 e. The lowest BCUT2D eigenvalue weighted by molar-refractivity contribution is 0.311. The van der Waals surface area contributed by atoms with Crippen LogP contribution in [0.2, 0.25) is 5.22 Å². The number of hydrogen-bond acceptors (Lipinski definition) is 3. The van der Waals surface area contributed by atoms with Gasteiger partial charge in [0, 0.05) is 17.4 Å². The number of thiocarbonyl (C=S) groups is 1. The van der Waals surface area contributed by atoms with E-state index in [1.165, 1.54) is 5.56 Å². The molecular formula is C22H19BrClN3OS. The maximum atomic E-state index is 6.01. The van der Waals surface area contributed by atoms with Crippen LogP contribution < -0.4 is 5.32 Å². The number of benzene rings is 2. The summed E-state index contributed by atoms with van der Waals surface area (Å²) in [6, 6.07) is 21.9. The number of hydrazone groups is 1. The first-order valence-corrected chi connectivity index (χ1v) is 10.9. The maximum absolute atomic E-state index is 6.01. The summed E-state index contributed by atoms with van der Waals surface area (Å²) in [7, 11) is 0. The van der Waals surface area contributed by atoms with Crippen LogP contribution in [0.25, 0.3) is 0 Å². The molecule has 2 heterocycles. The molecule has 0 fully saturated rings. The molecule has 1 atom stereocenters. The standard InChI is InChI=1S/C22H19BrClN3OS/c23-17-8-6-16(7-9-17)18-14-19(20-10-11-21(24)28-20)27(26-18)22(29)25-13-12-15-4-2-1-3-5-15/h1-11,19H,12-14H2,(H,25,29)/t19-/m0/s1. The second kappa shape index (κ2) is 9.11. The van der Waals surface area contributed by atoms with E-state index in [-0.39, 0.29) is 6.04 Å². The van der Waals surface area contributed by atoms with Crippen molar-refractivity contribution in [3.63, 3.8) is 0 Å². The van der Waals surface area contributed by atoms with Crippen LogP contribution in [0.15, 0.2) is 80.7 Å². The number of nitrogens with one attached hydrogen (secondary N) is 1. The van der Waals surface area contributed by atoms with Gasteiger partial charge in [-0.2, -0.15) is 5.10 Å². The Morgan fingerprint density at radius 3 is 2.59 bits per heavy atom. The molecular weight excluding hydrogens is 470 g/mol. The highest BCUT2D eigenvalue weighted by molar-refractivity contribution is 9.10. The Kier molecular flexibility index (Phi) is 6.33. The quantitative estimate of drug-likeness (QED) is 0.450. The summed E-state index contributed by atoms with van der Waals surface area (Å²) in [6.07, 6.45) is 1.57. The van der Waals surface area contributed by atoms with Crippen LogP contribution in [-0.2, 0) is 6.42 Å². The Hall–Kier alpha value is -2.15. The minimum absolute atomic E-state index is 0.127. The Bertz CT molecular complexity index is 1020. The molecule has 148 valence electrons. The second-order valence-electron chi connectivity index (χ2n) is 6.73. The van der Waals surface area contributed by atoms with Crippen molar-refractivity contribution in [2.45, 2.75) is 18.9 Å². The van der Waals surface area contributed by atoms with Crippen molar-refractivity contribution in [3.8, 4) is 0 Å². The molecule has 4 nitrogen and oxygen atoms in total.